The SMILES string of the molecule is Cn1cc(-c2ccc3c(N4CCN(C(=O)OC5CCOCC5)CC4)cnn3c2)cn1. The summed E-state index contributed by atoms with van der Waals surface area (Å²) in [6.07, 6.45) is 9.12. The summed E-state index contributed by atoms with van der Waals surface area (Å²) < 4.78 is 14.7. The third-order valence-electron chi connectivity index (χ3n) is 5.85. The number of nitrogens with zero attached hydrogens (tertiary/aromatic N) is 6. The van der Waals surface area contributed by atoms with Crippen LogP contribution < -0.4 is 4.90 Å². The molecule has 30 heavy (non-hydrogen) atoms. The van der Waals surface area contributed by atoms with Crippen molar-refractivity contribution < 1.29 is 14.3 Å². The predicted octanol–water partition coefficient (Wildman–Crippen LogP) is 2.17. The van der Waals surface area contributed by atoms with Crippen molar-refractivity contribution >= 4 is 17.3 Å². The maximum atomic E-state index is 12.5. The predicted molar refractivity (Wildman–Crippen MR) is 112 cm³/mol. The smallest absolute Gasteiger partial charge is 0.410 e. The van der Waals surface area contributed by atoms with Crippen LogP contribution >= 0.6 is 0 Å². The minimum absolute atomic E-state index is 0.0158. The fourth-order valence-electron chi connectivity index (χ4n) is 4.10. The maximum Gasteiger partial charge on any atom is 0.410 e. The Kier molecular flexibility index (Phi) is 5.04. The molecule has 3 aromatic rings. The van der Waals surface area contributed by atoms with Crippen molar-refractivity contribution in [3.05, 3.63) is 36.9 Å². The van der Waals surface area contributed by atoms with Crippen molar-refractivity contribution in [2.24, 2.45) is 7.05 Å². The van der Waals surface area contributed by atoms with E-state index in [9.17, 15) is 4.79 Å². The molecule has 1 amide bonds. The zero-order valence-corrected chi connectivity index (χ0v) is 17.1. The summed E-state index contributed by atoms with van der Waals surface area (Å²) in [6.45, 7) is 4.15. The van der Waals surface area contributed by atoms with Crippen LogP contribution in [0.4, 0.5) is 10.5 Å². The molecule has 0 spiro atoms. The van der Waals surface area contributed by atoms with Gasteiger partial charge >= 0.3 is 6.09 Å². The van der Waals surface area contributed by atoms with Crippen molar-refractivity contribution in [1.29, 1.82) is 0 Å². The van der Waals surface area contributed by atoms with E-state index in [0.29, 0.717) is 26.3 Å². The minimum Gasteiger partial charge on any atom is -0.446 e. The number of carbonyl (C=O) groups is 1. The summed E-state index contributed by atoms with van der Waals surface area (Å²) in [5, 5.41) is 8.79. The number of aromatic nitrogens is 4. The number of ether oxygens (including phenoxy) is 2. The lowest BCUT2D eigenvalue weighted by atomic mass is 10.1. The van der Waals surface area contributed by atoms with Gasteiger partial charge in [0.25, 0.3) is 0 Å². The van der Waals surface area contributed by atoms with Crippen LogP contribution in [0, 0.1) is 0 Å². The first kappa shape index (κ1) is 18.9. The van der Waals surface area contributed by atoms with Crippen LogP contribution in [0.3, 0.4) is 0 Å². The number of amides is 1. The van der Waals surface area contributed by atoms with Gasteiger partial charge in [-0.25, -0.2) is 9.31 Å². The zero-order valence-electron chi connectivity index (χ0n) is 17.1. The molecule has 2 aliphatic heterocycles. The van der Waals surface area contributed by atoms with Gasteiger partial charge in [0, 0.05) is 69.6 Å². The van der Waals surface area contributed by atoms with E-state index in [1.165, 1.54) is 0 Å². The molecular formula is C21H26N6O3. The van der Waals surface area contributed by atoms with Crippen LogP contribution in [0.15, 0.2) is 36.9 Å². The summed E-state index contributed by atoms with van der Waals surface area (Å²) in [5.41, 5.74) is 4.28. The van der Waals surface area contributed by atoms with Gasteiger partial charge in [0.05, 0.1) is 36.8 Å². The lowest BCUT2D eigenvalue weighted by molar-refractivity contribution is -0.0106. The van der Waals surface area contributed by atoms with Gasteiger partial charge in [0.1, 0.15) is 6.10 Å². The molecule has 2 saturated heterocycles. The number of hydrogen-bond acceptors (Lipinski definition) is 6. The molecule has 0 radical (unpaired) electrons. The molecule has 0 atom stereocenters. The summed E-state index contributed by atoms with van der Waals surface area (Å²) in [7, 11) is 1.91. The highest BCUT2D eigenvalue weighted by molar-refractivity contribution is 5.76. The average molecular weight is 410 g/mol. The number of aryl methyl sites for hydroxylation is 1. The van der Waals surface area contributed by atoms with Gasteiger partial charge in [-0.3, -0.25) is 4.68 Å². The van der Waals surface area contributed by atoms with E-state index in [1.807, 2.05) is 36.4 Å². The lowest BCUT2D eigenvalue weighted by Gasteiger charge is -2.36. The topological polar surface area (TPSA) is 77.1 Å². The van der Waals surface area contributed by atoms with Crippen molar-refractivity contribution in [3.8, 4) is 11.1 Å². The summed E-state index contributed by atoms with van der Waals surface area (Å²) >= 11 is 0. The molecule has 0 bridgehead atoms. The second-order valence-corrected chi connectivity index (χ2v) is 7.85. The molecular weight excluding hydrogens is 384 g/mol. The number of carbonyl (C=O) groups excluding carboxylic acids is 1. The Balaban J connectivity index is 1.24. The standard InChI is InChI=1S/C21H26N6O3/c1-24-14-17(12-22-24)16-2-3-19-20(13-23-27(19)15-16)25-6-8-26(9-7-25)21(28)30-18-4-10-29-11-5-18/h2-3,12-15,18H,4-11H2,1H3. The molecule has 0 unspecified atom stereocenters. The van der Waals surface area contributed by atoms with E-state index in [-0.39, 0.29) is 12.2 Å². The first-order valence-corrected chi connectivity index (χ1v) is 10.4. The van der Waals surface area contributed by atoms with Crippen LogP contribution in [0.2, 0.25) is 0 Å². The monoisotopic (exact) mass is 410 g/mol. The fraction of sp³-hybridized carbons (Fsp3) is 0.476. The Morgan fingerprint density at radius 2 is 1.83 bits per heavy atom. The van der Waals surface area contributed by atoms with Gasteiger partial charge in [0.15, 0.2) is 0 Å². The zero-order chi connectivity index (χ0) is 20.5. The molecule has 5 heterocycles. The second-order valence-electron chi connectivity index (χ2n) is 7.85. The highest BCUT2D eigenvalue weighted by atomic mass is 16.6. The Morgan fingerprint density at radius 3 is 2.57 bits per heavy atom. The van der Waals surface area contributed by atoms with E-state index in [4.69, 9.17) is 9.47 Å². The molecule has 2 aliphatic rings. The fourth-order valence-corrected chi connectivity index (χ4v) is 4.10. The number of rotatable bonds is 3. The van der Waals surface area contributed by atoms with Crippen molar-refractivity contribution in [3.63, 3.8) is 0 Å². The van der Waals surface area contributed by atoms with Crippen LogP contribution in [0.1, 0.15) is 12.8 Å². The van der Waals surface area contributed by atoms with Crippen molar-refractivity contribution in [2.75, 3.05) is 44.3 Å². The number of piperazine rings is 1. The average Bonchev–Trinajstić information content (AvgIpc) is 3.40. The van der Waals surface area contributed by atoms with Gasteiger partial charge in [-0.05, 0) is 6.07 Å². The van der Waals surface area contributed by atoms with E-state index < -0.39 is 0 Å². The number of fused-ring (bicyclic) bond motifs is 1. The van der Waals surface area contributed by atoms with Crippen LogP contribution in [0.5, 0.6) is 0 Å². The molecule has 0 aliphatic carbocycles. The Bertz CT molecular complexity index is 1030. The minimum atomic E-state index is -0.206. The van der Waals surface area contributed by atoms with Crippen molar-refractivity contribution in [1.82, 2.24) is 24.3 Å². The Hall–Kier alpha value is -3.07. The largest absolute Gasteiger partial charge is 0.446 e. The molecule has 0 aromatic carbocycles. The highest BCUT2D eigenvalue weighted by Gasteiger charge is 2.26. The summed E-state index contributed by atoms with van der Waals surface area (Å²) in [5.74, 6) is 0. The molecule has 9 nitrogen and oxygen atoms in total. The van der Waals surface area contributed by atoms with E-state index in [0.717, 1.165) is 48.3 Å². The molecule has 5 rings (SSSR count). The van der Waals surface area contributed by atoms with Gasteiger partial charge < -0.3 is 19.3 Å². The second kappa shape index (κ2) is 7.98. The Labute approximate surface area is 174 Å². The molecule has 3 aromatic heterocycles. The van der Waals surface area contributed by atoms with Gasteiger partial charge in [-0.15, -0.1) is 0 Å². The first-order valence-electron chi connectivity index (χ1n) is 10.4. The first-order chi connectivity index (χ1) is 14.7. The molecule has 9 heteroatoms. The number of anilines is 1. The van der Waals surface area contributed by atoms with E-state index in [2.05, 4.69) is 27.2 Å². The third kappa shape index (κ3) is 3.72. The van der Waals surface area contributed by atoms with Crippen LogP contribution in [-0.2, 0) is 16.5 Å². The van der Waals surface area contributed by atoms with Crippen molar-refractivity contribution in [2.45, 2.75) is 18.9 Å². The molecule has 0 N–H and O–H groups in total. The summed E-state index contributed by atoms with van der Waals surface area (Å²) in [6, 6.07) is 4.19. The van der Waals surface area contributed by atoms with Gasteiger partial charge in [-0.1, -0.05) is 6.07 Å². The molecule has 0 saturated carbocycles. The van der Waals surface area contributed by atoms with Crippen LogP contribution in [-0.4, -0.2) is 75.9 Å². The highest BCUT2D eigenvalue weighted by Crippen LogP contribution is 2.26. The molecule has 2 fully saturated rings. The van der Waals surface area contributed by atoms with Crippen LogP contribution in [0.25, 0.3) is 16.6 Å². The quantitative estimate of drug-likeness (QED) is 0.659. The molecule has 158 valence electrons. The van der Waals surface area contributed by atoms with E-state index >= 15 is 0 Å². The third-order valence-corrected chi connectivity index (χ3v) is 5.85. The number of hydrogen-bond donors (Lipinski definition) is 0. The summed E-state index contributed by atoms with van der Waals surface area (Å²) in [4.78, 5) is 16.6. The van der Waals surface area contributed by atoms with E-state index in [1.54, 1.807) is 9.58 Å². The number of pyridine rings is 1. The Morgan fingerprint density at radius 1 is 1.03 bits per heavy atom. The normalized spacial score (nSPS) is 18.2. The van der Waals surface area contributed by atoms with Gasteiger partial charge in [0.2, 0.25) is 0 Å². The maximum absolute atomic E-state index is 12.5. The van der Waals surface area contributed by atoms with Gasteiger partial charge in [-0.2, -0.15) is 10.2 Å². The lowest BCUT2D eigenvalue weighted by Crippen LogP contribution is -2.49.